The molecular weight excluding hydrogens is 439 g/mol. The minimum Gasteiger partial charge on any atom is -0.396 e. The van der Waals surface area contributed by atoms with Gasteiger partial charge in [-0.3, -0.25) is 10.1 Å². The summed E-state index contributed by atoms with van der Waals surface area (Å²) >= 11 is 12.2. The molecule has 0 amide bonds. The van der Waals surface area contributed by atoms with Crippen molar-refractivity contribution in [3.8, 4) is 0 Å². The smallest absolute Gasteiger partial charge is 0.272 e. The van der Waals surface area contributed by atoms with E-state index in [0.717, 1.165) is 41.2 Å². The lowest BCUT2D eigenvalue weighted by atomic mass is 10.1. The molecule has 4 aromatic rings. The molecule has 0 saturated carbocycles. The zero-order chi connectivity index (χ0) is 22.0. The standard InChI is InChI=1S/C22H18Cl2N4O3/c23-18-12-15(28(30)31)13-19(24)22(18)26-25-14-7-8-21-17(11-14)16-5-1-2-6-20(16)27(21)9-3-4-10-29/h1-2,5-8,11-13,29H,3-4,9-10H2. The fraction of sp³-hybridized carbons (Fsp3) is 0.182. The molecule has 0 atom stereocenters. The Labute approximate surface area is 187 Å². The van der Waals surface area contributed by atoms with Crippen molar-refractivity contribution in [3.63, 3.8) is 0 Å². The lowest BCUT2D eigenvalue weighted by Gasteiger charge is -2.06. The quantitative estimate of drug-likeness (QED) is 0.138. The van der Waals surface area contributed by atoms with Crippen LogP contribution in [-0.2, 0) is 6.54 Å². The second-order valence-corrected chi connectivity index (χ2v) is 7.83. The average Bonchev–Trinajstić information content (AvgIpc) is 3.06. The fourth-order valence-corrected chi connectivity index (χ4v) is 4.14. The van der Waals surface area contributed by atoms with Crippen LogP contribution in [0.2, 0.25) is 10.0 Å². The van der Waals surface area contributed by atoms with Crippen molar-refractivity contribution in [2.45, 2.75) is 19.4 Å². The third kappa shape index (κ3) is 4.25. The predicted molar refractivity (Wildman–Crippen MR) is 123 cm³/mol. The van der Waals surface area contributed by atoms with Crippen molar-refractivity contribution in [2.24, 2.45) is 10.2 Å². The van der Waals surface area contributed by atoms with Crippen LogP contribution in [0.5, 0.6) is 0 Å². The summed E-state index contributed by atoms with van der Waals surface area (Å²) in [7, 11) is 0. The number of nitro groups is 1. The molecule has 0 unspecified atom stereocenters. The number of fused-ring (bicyclic) bond motifs is 3. The third-order valence-corrected chi connectivity index (χ3v) is 5.60. The minimum absolute atomic E-state index is 0.0597. The normalized spacial score (nSPS) is 11.7. The molecule has 0 aliphatic carbocycles. The number of hydrogen-bond donors (Lipinski definition) is 1. The van der Waals surface area contributed by atoms with Gasteiger partial charge in [-0.1, -0.05) is 41.4 Å². The predicted octanol–water partition coefficient (Wildman–Crippen LogP) is 7.20. The first-order chi connectivity index (χ1) is 15.0. The molecule has 0 saturated heterocycles. The van der Waals surface area contributed by atoms with Crippen LogP contribution in [0.15, 0.2) is 64.8 Å². The molecule has 158 valence electrons. The molecule has 0 radical (unpaired) electrons. The number of aryl methyl sites for hydroxylation is 1. The van der Waals surface area contributed by atoms with E-state index in [9.17, 15) is 10.1 Å². The van der Waals surface area contributed by atoms with Gasteiger partial charge in [0.2, 0.25) is 0 Å². The van der Waals surface area contributed by atoms with Crippen LogP contribution in [-0.4, -0.2) is 21.2 Å². The van der Waals surface area contributed by atoms with Crippen LogP contribution >= 0.6 is 23.2 Å². The molecule has 1 aromatic heterocycles. The highest BCUT2D eigenvalue weighted by Crippen LogP contribution is 2.38. The van der Waals surface area contributed by atoms with Gasteiger partial charge in [0.15, 0.2) is 0 Å². The van der Waals surface area contributed by atoms with Gasteiger partial charge in [-0.2, -0.15) is 5.11 Å². The molecule has 9 heteroatoms. The zero-order valence-electron chi connectivity index (χ0n) is 16.3. The highest BCUT2D eigenvalue weighted by atomic mass is 35.5. The maximum Gasteiger partial charge on any atom is 0.272 e. The van der Waals surface area contributed by atoms with Crippen molar-refractivity contribution in [1.82, 2.24) is 4.57 Å². The Morgan fingerprint density at radius 1 is 0.935 bits per heavy atom. The van der Waals surface area contributed by atoms with E-state index in [2.05, 4.69) is 26.9 Å². The van der Waals surface area contributed by atoms with Gasteiger partial charge in [-0.25, -0.2) is 0 Å². The van der Waals surface area contributed by atoms with Crippen molar-refractivity contribution in [3.05, 3.63) is 74.8 Å². The molecule has 0 fully saturated rings. The van der Waals surface area contributed by atoms with Gasteiger partial charge >= 0.3 is 0 Å². The van der Waals surface area contributed by atoms with E-state index < -0.39 is 4.92 Å². The van der Waals surface area contributed by atoms with Gasteiger partial charge in [0, 0.05) is 47.1 Å². The number of para-hydroxylation sites is 1. The van der Waals surface area contributed by atoms with Crippen LogP contribution in [0.1, 0.15) is 12.8 Å². The van der Waals surface area contributed by atoms with Gasteiger partial charge in [0.05, 0.1) is 20.7 Å². The Hall–Kier alpha value is -3.00. The Morgan fingerprint density at radius 2 is 1.65 bits per heavy atom. The van der Waals surface area contributed by atoms with Crippen LogP contribution in [0.3, 0.4) is 0 Å². The zero-order valence-corrected chi connectivity index (χ0v) is 17.8. The number of aliphatic hydroxyl groups is 1. The molecule has 31 heavy (non-hydrogen) atoms. The second-order valence-electron chi connectivity index (χ2n) is 7.02. The Morgan fingerprint density at radius 3 is 2.35 bits per heavy atom. The molecule has 0 aliphatic heterocycles. The largest absolute Gasteiger partial charge is 0.396 e. The van der Waals surface area contributed by atoms with Gasteiger partial charge < -0.3 is 9.67 Å². The SMILES string of the molecule is O=[N+]([O-])c1cc(Cl)c(N=Nc2ccc3c(c2)c2ccccc2n3CCCCO)c(Cl)c1. The summed E-state index contributed by atoms with van der Waals surface area (Å²) in [4.78, 5) is 10.4. The number of non-ortho nitro benzene ring substituents is 1. The van der Waals surface area contributed by atoms with E-state index in [1.165, 1.54) is 12.1 Å². The lowest BCUT2D eigenvalue weighted by Crippen LogP contribution is -1.98. The number of aliphatic hydroxyl groups excluding tert-OH is 1. The average molecular weight is 457 g/mol. The Balaban J connectivity index is 1.73. The summed E-state index contributed by atoms with van der Waals surface area (Å²) in [5.74, 6) is 0. The van der Waals surface area contributed by atoms with Crippen molar-refractivity contribution >= 4 is 62.1 Å². The maximum atomic E-state index is 10.9. The second kappa shape index (κ2) is 9.01. The summed E-state index contributed by atoms with van der Waals surface area (Å²) in [6.45, 7) is 0.981. The van der Waals surface area contributed by atoms with Crippen LogP contribution in [0.25, 0.3) is 21.8 Å². The van der Waals surface area contributed by atoms with E-state index in [-0.39, 0.29) is 28.0 Å². The molecule has 3 aromatic carbocycles. The van der Waals surface area contributed by atoms with E-state index >= 15 is 0 Å². The lowest BCUT2D eigenvalue weighted by molar-refractivity contribution is -0.384. The van der Waals surface area contributed by atoms with Crippen LogP contribution in [0.4, 0.5) is 17.1 Å². The molecule has 4 rings (SSSR count). The summed E-state index contributed by atoms with van der Waals surface area (Å²) in [6, 6.07) is 16.3. The number of azo groups is 1. The van der Waals surface area contributed by atoms with E-state index in [1.54, 1.807) is 0 Å². The number of nitro benzene ring substituents is 1. The van der Waals surface area contributed by atoms with Gasteiger partial charge in [0.25, 0.3) is 5.69 Å². The molecule has 0 bridgehead atoms. The summed E-state index contributed by atoms with van der Waals surface area (Å²) < 4.78 is 2.24. The Bertz CT molecular complexity index is 1290. The van der Waals surface area contributed by atoms with E-state index in [1.807, 2.05) is 30.3 Å². The summed E-state index contributed by atoms with van der Waals surface area (Å²) in [5.41, 5.74) is 2.77. The topological polar surface area (TPSA) is 93.0 Å². The number of rotatable bonds is 7. The monoisotopic (exact) mass is 456 g/mol. The van der Waals surface area contributed by atoms with Crippen molar-refractivity contribution in [2.75, 3.05) is 6.61 Å². The van der Waals surface area contributed by atoms with Gasteiger partial charge in [-0.15, -0.1) is 5.11 Å². The summed E-state index contributed by atoms with van der Waals surface area (Å²) in [6.07, 6.45) is 1.62. The van der Waals surface area contributed by atoms with Gasteiger partial charge in [0.1, 0.15) is 5.69 Å². The number of halogens is 2. The minimum atomic E-state index is -0.567. The molecule has 0 aliphatic rings. The van der Waals surface area contributed by atoms with Crippen LogP contribution in [0, 0.1) is 10.1 Å². The molecular formula is C22H18Cl2N4O3. The number of nitrogens with zero attached hydrogens (tertiary/aromatic N) is 4. The first-order valence-corrected chi connectivity index (χ1v) is 10.4. The van der Waals surface area contributed by atoms with Crippen LogP contribution < -0.4 is 0 Å². The summed E-state index contributed by atoms with van der Waals surface area (Å²) in [5, 5.41) is 30.7. The number of unbranched alkanes of at least 4 members (excludes halogenated alkanes) is 1. The number of aromatic nitrogens is 1. The molecule has 0 spiro atoms. The van der Waals surface area contributed by atoms with E-state index in [4.69, 9.17) is 28.3 Å². The third-order valence-electron chi connectivity index (χ3n) is 5.02. The maximum absolute atomic E-state index is 10.9. The Kier molecular flexibility index (Phi) is 6.18. The highest BCUT2D eigenvalue weighted by Gasteiger charge is 2.15. The van der Waals surface area contributed by atoms with Gasteiger partial charge in [-0.05, 0) is 37.1 Å². The first kappa shape index (κ1) is 21.2. The fourth-order valence-electron chi connectivity index (χ4n) is 3.59. The number of benzene rings is 3. The van der Waals surface area contributed by atoms with Crippen molar-refractivity contribution < 1.29 is 10.0 Å². The molecule has 7 nitrogen and oxygen atoms in total. The molecule has 1 heterocycles. The van der Waals surface area contributed by atoms with Crippen molar-refractivity contribution in [1.29, 1.82) is 0 Å². The first-order valence-electron chi connectivity index (χ1n) is 9.66. The molecule has 1 N–H and O–H groups in total. The van der Waals surface area contributed by atoms with E-state index in [0.29, 0.717) is 5.69 Å². The number of hydrogen-bond acceptors (Lipinski definition) is 5. The highest BCUT2D eigenvalue weighted by molar-refractivity contribution is 6.39.